The van der Waals surface area contributed by atoms with Gasteiger partial charge in [-0.1, -0.05) is 38.1 Å². The number of hydrogen-bond donors (Lipinski definition) is 1. The van der Waals surface area contributed by atoms with Crippen molar-refractivity contribution in [1.29, 1.82) is 0 Å². The van der Waals surface area contributed by atoms with Gasteiger partial charge in [0.2, 0.25) is 0 Å². The van der Waals surface area contributed by atoms with Gasteiger partial charge in [0.25, 0.3) is 0 Å². The average molecular weight is 283 g/mol. The molecule has 0 bridgehead atoms. The molecular formula is C18H21NO2. The zero-order valence-electron chi connectivity index (χ0n) is 12.6. The maximum absolute atomic E-state index is 5.74. The van der Waals surface area contributed by atoms with E-state index in [9.17, 15) is 0 Å². The van der Waals surface area contributed by atoms with Crippen molar-refractivity contribution in [2.45, 2.75) is 26.3 Å². The molecule has 0 aromatic heterocycles. The summed E-state index contributed by atoms with van der Waals surface area (Å²) in [6.45, 7) is 6.39. The SMILES string of the molecule is CC(C)c1cccc(NCc2cccc3c2OCCO3)c1. The second-order valence-electron chi connectivity index (χ2n) is 5.58. The fourth-order valence-electron chi connectivity index (χ4n) is 2.48. The van der Waals surface area contributed by atoms with E-state index in [1.165, 1.54) is 5.56 Å². The number of nitrogens with one attached hydrogen (secondary N) is 1. The van der Waals surface area contributed by atoms with E-state index in [0.29, 0.717) is 19.1 Å². The van der Waals surface area contributed by atoms with E-state index in [0.717, 1.165) is 29.3 Å². The number of rotatable bonds is 4. The predicted octanol–water partition coefficient (Wildman–Crippen LogP) is 4.19. The van der Waals surface area contributed by atoms with Crippen molar-refractivity contribution >= 4 is 5.69 Å². The van der Waals surface area contributed by atoms with Crippen LogP contribution < -0.4 is 14.8 Å². The number of benzene rings is 2. The van der Waals surface area contributed by atoms with Crippen LogP contribution in [0.5, 0.6) is 11.5 Å². The molecule has 3 heteroatoms. The quantitative estimate of drug-likeness (QED) is 0.912. The molecule has 0 saturated carbocycles. The fraction of sp³-hybridized carbons (Fsp3) is 0.333. The topological polar surface area (TPSA) is 30.5 Å². The first-order chi connectivity index (χ1) is 10.2. The fourth-order valence-corrected chi connectivity index (χ4v) is 2.48. The van der Waals surface area contributed by atoms with Crippen LogP contribution in [0.4, 0.5) is 5.69 Å². The Balaban J connectivity index is 1.75. The highest BCUT2D eigenvalue weighted by atomic mass is 16.6. The van der Waals surface area contributed by atoms with Crippen molar-refractivity contribution in [1.82, 2.24) is 0 Å². The van der Waals surface area contributed by atoms with Crippen LogP contribution in [0.2, 0.25) is 0 Å². The van der Waals surface area contributed by atoms with Gasteiger partial charge in [-0.2, -0.15) is 0 Å². The highest BCUT2D eigenvalue weighted by Crippen LogP contribution is 2.34. The van der Waals surface area contributed by atoms with Crippen LogP contribution in [0.3, 0.4) is 0 Å². The minimum Gasteiger partial charge on any atom is -0.486 e. The van der Waals surface area contributed by atoms with Gasteiger partial charge in [-0.3, -0.25) is 0 Å². The lowest BCUT2D eigenvalue weighted by Gasteiger charge is -2.21. The van der Waals surface area contributed by atoms with Gasteiger partial charge in [-0.25, -0.2) is 0 Å². The lowest BCUT2D eigenvalue weighted by atomic mass is 10.0. The molecule has 3 rings (SSSR count). The molecule has 0 amide bonds. The van der Waals surface area contributed by atoms with E-state index < -0.39 is 0 Å². The molecule has 0 atom stereocenters. The Labute approximate surface area is 125 Å². The van der Waals surface area contributed by atoms with Crippen molar-refractivity contribution in [2.24, 2.45) is 0 Å². The lowest BCUT2D eigenvalue weighted by molar-refractivity contribution is 0.170. The molecule has 1 heterocycles. The van der Waals surface area contributed by atoms with E-state index in [4.69, 9.17) is 9.47 Å². The summed E-state index contributed by atoms with van der Waals surface area (Å²) in [5.74, 6) is 2.25. The number of hydrogen-bond acceptors (Lipinski definition) is 3. The van der Waals surface area contributed by atoms with Gasteiger partial charge >= 0.3 is 0 Å². The minimum atomic E-state index is 0.535. The van der Waals surface area contributed by atoms with E-state index in [-0.39, 0.29) is 0 Å². The van der Waals surface area contributed by atoms with Crippen LogP contribution in [0.15, 0.2) is 42.5 Å². The third-order valence-electron chi connectivity index (χ3n) is 3.68. The summed E-state index contributed by atoms with van der Waals surface area (Å²) in [5, 5.41) is 3.47. The first-order valence-electron chi connectivity index (χ1n) is 7.45. The molecule has 1 N–H and O–H groups in total. The first-order valence-corrected chi connectivity index (χ1v) is 7.45. The summed E-state index contributed by atoms with van der Waals surface area (Å²) in [4.78, 5) is 0. The lowest BCUT2D eigenvalue weighted by Crippen LogP contribution is -2.17. The number of anilines is 1. The summed E-state index contributed by atoms with van der Waals surface area (Å²) >= 11 is 0. The Morgan fingerprint density at radius 3 is 2.71 bits per heavy atom. The summed E-state index contributed by atoms with van der Waals surface area (Å²) in [6, 6.07) is 14.6. The Bertz CT molecular complexity index is 622. The average Bonchev–Trinajstić information content (AvgIpc) is 2.53. The van der Waals surface area contributed by atoms with Gasteiger partial charge < -0.3 is 14.8 Å². The van der Waals surface area contributed by atoms with Gasteiger partial charge in [0, 0.05) is 17.8 Å². The van der Waals surface area contributed by atoms with Crippen LogP contribution >= 0.6 is 0 Å². The van der Waals surface area contributed by atoms with Crippen LogP contribution in [-0.2, 0) is 6.54 Å². The third-order valence-corrected chi connectivity index (χ3v) is 3.68. The van der Waals surface area contributed by atoms with Crippen molar-refractivity contribution < 1.29 is 9.47 Å². The maximum atomic E-state index is 5.74. The molecule has 2 aromatic rings. The highest BCUT2D eigenvalue weighted by Gasteiger charge is 2.15. The Kier molecular flexibility index (Phi) is 4.00. The number of fused-ring (bicyclic) bond motifs is 1. The van der Waals surface area contributed by atoms with Gasteiger partial charge in [0.05, 0.1) is 0 Å². The van der Waals surface area contributed by atoms with Gasteiger partial charge in [-0.15, -0.1) is 0 Å². The zero-order chi connectivity index (χ0) is 14.7. The van der Waals surface area contributed by atoms with Crippen molar-refractivity contribution in [3.8, 4) is 11.5 Å². The monoisotopic (exact) mass is 283 g/mol. The van der Waals surface area contributed by atoms with Crippen LogP contribution in [-0.4, -0.2) is 13.2 Å². The molecule has 0 fully saturated rings. The highest BCUT2D eigenvalue weighted by molar-refractivity contribution is 5.51. The summed E-state index contributed by atoms with van der Waals surface area (Å²) in [6.07, 6.45) is 0. The summed E-state index contributed by atoms with van der Waals surface area (Å²) in [5.41, 5.74) is 3.60. The van der Waals surface area contributed by atoms with E-state index in [1.54, 1.807) is 0 Å². The van der Waals surface area contributed by atoms with Crippen molar-refractivity contribution in [2.75, 3.05) is 18.5 Å². The van der Waals surface area contributed by atoms with Crippen LogP contribution in [0.1, 0.15) is 30.9 Å². The molecule has 3 nitrogen and oxygen atoms in total. The number of ether oxygens (including phenoxy) is 2. The predicted molar refractivity (Wildman–Crippen MR) is 85.3 cm³/mol. The van der Waals surface area contributed by atoms with Crippen LogP contribution in [0, 0.1) is 0 Å². The molecule has 0 radical (unpaired) electrons. The first kappa shape index (κ1) is 13.8. The van der Waals surface area contributed by atoms with E-state index in [1.807, 2.05) is 12.1 Å². The van der Waals surface area contributed by atoms with Gasteiger partial charge in [0.15, 0.2) is 11.5 Å². The largest absolute Gasteiger partial charge is 0.486 e. The second-order valence-corrected chi connectivity index (χ2v) is 5.58. The molecule has 110 valence electrons. The Morgan fingerprint density at radius 1 is 1.05 bits per heavy atom. The zero-order valence-corrected chi connectivity index (χ0v) is 12.6. The van der Waals surface area contributed by atoms with Crippen LogP contribution in [0.25, 0.3) is 0 Å². The molecule has 1 aliphatic rings. The molecule has 0 spiro atoms. The standard InChI is InChI=1S/C18H21NO2/c1-13(2)14-5-3-7-16(11-14)19-12-15-6-4-8-17-18(15)21-10-9-20-17/h3-8,11,13,19H,9-10,12H2,1-2H3. The molecule has 2 aromatic carbocycles. The third kappa shape index (κ3) is 3.13. The van der Waals surface area contributed by atoms with Crippen molar-refractivity contribution in [3.05, 3.63) is 53.6 Å². The van der Waals surface area contributed by atoms with Gasteiger partial charge in [-0.05, 0) is 29.7 Å². The maximum Gasteiger partial charge on any atom is 0.166 e. The summed E-state index contributed by atoms with van der Waals surface area (Å²) < 4.78 is 11.4. The second kappa shape index (κ2) is 6.08. The smallest absolute Gasteiger partial charge is 0.166 e. The molecule has 0 aliphatic carbocycles. The summed E-state index contributed by atoms with van der Waals surface area (Å²) in [7, 11) is 0. The van der Waals surface area contributed by atoms with Gasteiger partial charge in [0.1, 0.15) is 13.2 Å². The Hall–Kier alpha value is -2.16. The van der Waals surface area contributed by atoms with E-state index in [2.05, 4.69) is 49.5 Å². The normalized spacial score (nSPS) is 13.3. The molecule has 0 unspecified atom stereocenters. The molecule has 1 aliphatic heterocycles. The molecule has 0 saturated heterocycles. The number of para-hydroxylation sites is 1. The molecular weight excluding hydrogens is 262 g/mol. The van der Waals surface area contributed by atoms with E-state index >= 15 is 0 Å². The minimum absolute atomic E-state index is 0.535. The molecule has 21 heavy (non-hydrogen) atoms. The van der Waals surface area contributed by atoms with Crippen molar-refractivity contribution in [3.63, 3.8) is 0 Å². The Morgan fingerprint density at radius 2 is 1.86 bits per heavy atom.